The van der Waals surface area contributed by atoms with Crippen molar-refractivity contribution < 1.29 is 9.59 Å². The SMILES string of the molecule is C[C@H]1CCCC[C@H]1NC(=O)C(=O)NCCc1c[nH]c2ccccc12. The van der Waals surface area contributed by atoms with Gasteiger partial charge in [-0.1, -0.05) is 38.0 Å². The first kappa shape index (κ1) is 16.6. The summed E-state index contributed by atoms with van der Waals surface area (Å²) in [5.74, 6) is -0.595. The van der Waals surface area contributed by atoms with Crippen LogP contribution >= 0.6 is 0 Å². The summed E-state index contributed by atoms with van der Waals surface area (Å²) in [7, 11) is 0. The predicted octanol–water partition coefficient (Wildman–Crippen LogP) is 2.52. The molecule has 1 aromatic heterocycles. The van der Waals surface area contributed by atoms with Crippen LogP contribution in [0.2, 0.25) is 0 Å². The van der Waals surface area contributed by atoms with Crippen molar-refractivity contribution in [3.05, 3.63) is 36.0 Å². The van der Waals surface area contributed by atoms with E-state index in [9.17, 15) is 9.59 Å². The molecule has 0 radical (unpaired) electrons. The number of carbonyl (C=O) groups is 2. The fraction of sp³-hybridized carbons (Fsp3) is 0.474. The normalized spacial score (nSPS) is 20.7. The van der Waals surface area contributed by atoms with Crippen molar-refractivity contribution in [2.45, 2.75) is 45.1 Å². The van der Waals surface area contributed by atoms with Crippen molar-refractivity contribution in [1.29, 1.82) is 0 Å². The molecule has 1 aliphatic carbocycles. The minimum atomic E-state index is -0.535. The standard InChI is InChI=1S/C19H25N3O2/c1-13-6-2-4-8-16(13)22-19(24)18(23)20-11-10-14-12-21-17-9-5-3-7-15(14)17/h3,5,7,9,12-13,16,21H,2,4,6,8,10-11H2,1H3,(H,20,23)(H,22,24)/t13-,16+/m0/s1. The number of nitrogens with one attached hydrogen (secondary N) is 3. The molecule has 0 bridgehead atoms. The van der Waals surface area contributed by atoms with E-state index >= 15 is 0 Å². The molecule has 0 aliphatic heterocycles. The van der Waals surface area contributed by atoms with Crippen molar-refractivity contribution in [3.63, 3.8) is 0 Å². The van der Waals surface area contributed by atoms with Crippen LogP contribution in [-0.2, 0) is 16.0 Å². The molecule has 1 fully saturated rings. The number of aromatic nitrogens is 1. The summed E-state index contributed by atoms with van der Waals surface area (Å²) in [6.45, 7) is 2.59. The number of hydrogen-bond donors (Lipinski definition) is 3. The van der Waals surface area contributed by atoms with Gasteiger partial charge in [-0.3, -0.25) is 9.59 Å². The number of H-pyrrole nitrogens is 1. The number of benzene rings is 1. The van der Waals surface area contributed by atoms with Gasteiger partial charge in [0.15, 0.2) is 0 Å². The first-order chi connectivity index (χ1) is 11.6. The molecule has 128 valence electrons. The van der Waals surface area contributed by atoms with Gasteiger partial charge in [0.1, 0.15) is 0 Å². The Bertz CT molecular complexity index is 722. The van der Waals surface area contributed by atoms with Gasteiger partial charge in [0.2, 0.25) is 0 Å². The van der Waals surface area contributed by atoms with E-state index < -0.39 is 11.8 Å². The van der Waals surface area contributed by atoms with Crippen LogP contribution in [0.5, 0.6) is 0 Å². The van der Waals surface area contributed by atoms with Crippen LogP contribution in [0.1, 0.15) is 38.2 Å². The van der Waals surface area contributed by atoms with E-state index in [1.54, 1.807) is 0 Å². The van der Waals surface area contributed by atoms with Gasteiger partial charge >= 0.3 is 11.8 Å². The largest absolute Gasteiger partial charge is 0.361 e. The number of fused-ring (bicyclic) bond motifs is 1. The van der Waals surface area contributed by atoms with E-state index in [0.717, 1.165) is 35.7 Å². The zero-order valence-corrected chi connectivity index (χ0v) is 14.1. The number of hydrogen-bond acceptors (Lipinski definition) is 2. The van der Waals surface area contributed by atoms with Crippen molar-refractivity contribution in [2.24, 2.45) is 5.92 Å². The Morgan fingerprint density at radius 3 is 2.79 bits per heavy atom. The minimum absolute atomic E-state index is 0.130. The third-order valence-corrected chi connectivity index (χ3v) is 4.99. The molecule has 2 amide bonds. The first-order valence-electron chi connectivity index (χ1n) is 8.79. The summed E-state index contributed by atoms with van der Waals surface area (Å²) in [4.78, 5) is 27.2. The Kier molecular flexibility index (Phi) is 5.18. The van der Waals surface area contributed by atoms with Gasteiger partial charge in [0.05, 0.1) is 0 Å². The molecule has 24 heavy (non-hydrogen) atoms. The molecular formula is C19H25N3O2. The second-order valence-electron chi connectivity index (χ2n) is 6.71. The van der Waals surface area contributed by atoms with Gasteiger partial charge in [-0.25, -0.2) is 0 Å². The van der Waals surface area contributed by atoms with Gasteiger partial charge in [0.25, 0.3) is 0 Å². The average Bonchev–Trinajstić information content (AvgIpc) is 3.00. The lowest BCUT2D eigenvalue weighted by molar-refractivity contribution is -0.139. The lowest BCUT2D eigenvalue weighted by atomic mass is 9.86. The monoisotopic (exact) mass is 327 g/mol. The summed E-state index contributed by atoms with van der Waals surface area (Å²) in [5, 5.41) is 6.77. The Labute approximate surface area is 142 Å². The highest BCUT2D eigenvalue weighted by molar-refractivity contribution is 6.35. The summed E-state index contributed by atoms with van der Waals surface area (Å²) in [5.41, 5.74) is 2.23. The van der Waals surface area contributed by atoms with Crippen LogP contribution in [0.15, 0.2) is 30.5 Å². The van der Waals surface area contributed by atoms with E-state index in [0.29, 0.717) is 18.9 Å². The topological polar surface area (TPSA) is 74.0 Å². The molecular weight excluding hydrogens is 302 g/mol. The van der Waals surface area contributed by atoms with Crippen molar-refractivity contribution in [2.75, 3.05) is 6.54 Å². The van der Waals surface area contributed by atoms with E-state index in [1.165, 1.54) is 6.42 Å². The van der Waals surface area contributed by atoms with Gasteiger partial charge in [0, 0.05) is 29.7 Å². The Balaban J connectivity index is 1.47. The van der Waals surface area contributed by atoms with Gasteiger partial charge in [-0.15, -0.1) is 0 Å². The third kappa shape index (κ3) is 3.78. The quantitative estimate of drug-likeness (QED) is 0.755. The molecule has 0 saturated heterocycles. The molecule has 1 heterocycles. The maximum Gasteiger partial charge on any atom is 0.309 e. The maximum absolute atomic E-state index is 12.0. The summed E-state index contributed by atoms with van der Waals surface area (Å²) >= 11 is 0. The highest BCUT2D eigenvalue weighted by atomic mass is 16.2. The van der Waals surface area contributed by atoms with Gasteiger partial charge in [-0.05, 0) is 36.8 Å². The summed E-state index contributed by atoms with van der Waals surface area (Å²) in [6.07, 6.45) is 7.08. The Morgan fingerprint density at radius 2 is 1.96 bits per heavy atom. The number of para-hydroxylation sites is 1. The van der Waals surface area contributed by atoms with E-state index in [1.807, 2.05) is 24.4 Å². The third-order valence-electron chi connectivity index (χ3n) is 4.99. The van der Waals surface area contributed by atoms with Crippen molar-refractivity contribution in [3.8, 4) is 0 Å². The molecule has 5 nitrogen and oxygen atoms in total. The number of amides is 2. The lowest BCUT2D eigenvalue weighted by Gasteiger charge is -2.29. The van der Waals surface area contributed by atoms with Crippen LogP contribution in [0.4, 0.5) is 0 Å². The molecule has 1 aromatic carbocycles. The van der Waals surface area contributed by atoms with Crippen LogP contribution in [0.25, 0.3) is 10.9 Å². The smallest absolute Gasteiger partial charge is 0.309 e. The van der Waals surface area contributed by atoms with E-state index in [-0.39, 0.29) is 6.04 Å². The molecule has 1 aliphatic rings. The van der Waals surface area contributed by atoms with E-state index in [2.05, 4.69) is 28.6 Å². The van der Waals surface area contributed by atoms with E-state index in [4.69, 9.17) is 0 Å². The van der Waals surface area contributed by atoms with Crippen molar-refractivity contribution >= 4 is 22.7 Å². The molecule has 1 saturated carbocycles. The second-order valence-corrected chi connectivity index (χ2v) is 6.71. The average molecular weight is 327 g/mol. The van der Waals surface area contributed by atoms with Gasteiger partial charge < -0.3 is 15.6 Å². The molecule has 2 atom stereocenters. The molecule has 3 N–H and O–H groups in total. The lowest BCUT2D eigenvalue weighted by Crippen LogP contribution is -2.48. The second kappa shape index (κ2) is 7.51. The molecule has 0 unspecified atom stereocenters. The van der Waals surface area contributed by atoms with Crippen LogP contribution in [0, 0.1) is 5.92 Å². The Morgan fingerprint density at radius 1 is 1.17 bits per heavy atom. The van der Waals surface area contributed by atoms with Gasteiger partial charge in [-0.2, -0.15) is 0 Å². The number of aromatic amines is 1. The summed E-state index contributed by atoms with van der Waals surface area (Å²) < 4.78 is 0. The maximum atomic E-state index is 12.0. The molecule has 0 spiro atoms. The van der Waals surface area contributed by atoms with Crippen LogP contribution in [0.3, 0.4) is 0 Å². The highest BCUT2D eigenvalue weighted by Gasteiger charge is 2.25. The fourth-order valence-corrected chi connectivity index (χ4v) is 3.49. The number of carbonyl (C=O) groups excluding carboxylic acids is 2. The van der Waals surface area contributed by atoms with Crippen LogP contribution in [-0.4, -0.2) is 29.4 Å². The van der Waals surface area contributed by atoms with Crippen LogP contribution < -0.4 is 10.6 Å². The zero-order valence-electron chi connectivity index (χ0n) is 14.1. The molecule has 2 aromatic rings. The molecule has 5 heteroatoms. The fourth-order valence-electron chi connectivity index (χ4n) is 3.49. The van der Waals surface area contributed by atoms with Crippen molar-refractivity contribution in [1.82, 2.24) is 15.6 Å². The summed E-state index contributed by atoms with van der Waals surface area (Å²) in [6, 6.07) is 8.19. The predicted molar refractivity (Wildman–Crippen MR) is 94.6 cm³/mol. The minimum Gasteiger partial charge on any atom is -0.361 e. The highest BCUT2D eigenvalue weighted by Crippen LogP contribution is 2.23. The zero-order chi connectivity index (χ0) is 16.9. The molecule has 3 rings (SSSR count). The number of rotatable bonds is 4. The Hall–Kier alpha value is -2.30. The first-order valence-corrected chi connectivity index (χ1v) is 8.79.